The molecule has 5 heteroatoms. The molecule has 0 bridgehead atoms. The Balaban J connectivity index is 1.89. The maximum atomic E-state index is 12.8. The summed E-state index contributed by atoms with van der Waals surface area (Å²) in [7, 11) is 0. The first-order valence-electron chi connectivity index (χ1n) is 8.00. The number of likely N-dealkylation sites (tertiary alicyclic amines) is 1. The van der Waals surface area contributed by atoms with Crippen LogP contribution in [-0.2, 0) is 0 Å². The average Bonchev–Trinajstić information content (AvgIpc) is 2.62. The van der Waals surface area contributed by atoms with Crippen molar-refractivity contribution in [2.24, 2.45) is 5.73 Å². The lowest BCUT2D eigenvalue weighted by atomic mass is 9.96. The molecule has 0 spiro atoms. The number of nitrogens with two attached hydrogens (primary N) is 1. The van der Waals surface area contributed by atoms with Crippen molar-refractivity contribution in [3.8, 4) is 0 Å². The quantitative estimate of drug-likeness (QED) is 0.871. The van der Waals surface area contributed by atoms with E-state index in [-0.39, 0.29) is 17.7 Å². The number of carbonyl (C=O) groups is 2. The van der Waals surface area contributed by atoms with Crippen LogP contribution in [0.1, 0.15) is 39.1 Å². The maximum Gasteiger partial charge on any atom is 0.254 e. The summed E-state index contributed by atoms with van der Waals surface area (Å²) in [5.41, 5.74) is 7.27. The molecule has 1 aliphatic heterocycles. The van der Waals surface area contributed by atoms with Crippen LogP contribution in [-0.4, -0.2) is 35.7 Å². The van der Waals surface area contributed by atoms with Gasteiger partial charge in [-0.1, -0.05) is 29.8 Å². The molecule has 2 N–H and O–H groups in total. The minimum absolute atomic E-state index is 0.111. The van der Waals surface area contributed by atoms with Crippen LogP contribution >= 0.6 is 11.6 Å². The maximum absolute atomic E-state index is 12.8. The molecule has 0 saturated carbocycles. The number of halogens is 1. The molecule has 4 nitrogen and oxygen atoms in total. The number of piperidine rings is 1. The number of carbonyl (C=O) groups excluding carboxylic acids is 2. The highest BCUT2D eigenvalue weighted by Crippen LogP contribution is 2.20. The van der Waals surface area contributed by atoms with Gasteiger partial charge < -0.3 is 10.6 Å². The molecule has 1 amide bonds. The van der Waals surface area contributed by atoms with Gasteiger partial charge in [0.15, 0.2) is 5.78 Å². The van der Waals surface area contributed by atoms with Crippen LogP contribution in [0, 0.1) is 0 Å². The zero-order valence-electron chi connectivity index (χ0n) is 13.2. The fraction of sp³-hybridized carbons (Fsp3) is 0.263. The third-order valence-corrected chi connectivity index (χ3v) is 4.59. The molecule has 0 aromatic heterocycles. The number of hydrogen-bond acceptors (Lipinski definition) is 3. The number of amides is 1. The summed E-state index contributed by atoms with van der Waals surface area (Å²) in [6.07, 6.45) is 1.58. The Morgan fingerprint density at radius 2 is 1.54 bits per heavy atom. The highest BCUT2D eigenvalue weighted by atomic mass is 35.5. The number of benzene rings is 2. The molecular formula is C19H19ClN2O2. The van der Waals surface area contributed by atoms with Gasteiger partial charge in [0.05, 0.1) is 5.56 Å². The normalized spacial score (nSPS) is 15.3. The molecule has 2 aromatic carbocycles. The molecular weight excluding hydrogens is 324 g/mol. The van der Waals surface area contributed by atoms with E-state index in [1.54, 1.807) is 53.4 Å². The molecule has 0 atom stereocenters. The summed E-state index contributed by atoms with van der Waals surface area (Å²) < 4.78 is 0. The van der Waals surface area contributed by atoms with Crippen LogP contribution in [0.15, 0.2) is 48.5 Å². The van der Waals surface area contributed by atoms with E-state index in [0.717, 1.165) is 12.8 Å². The van der Waals surface area contributed by atoms with Crippen LogP contribution < -0.4 is 5.73 Å². The Hall–Kier alpha value is -2.17. The second kappa shape index (κ2) is 7.16. The summed E-state index contributed by atoms with van der Waals surface area (Å²) >= 11 is 5.88. The number of nitrogens with zero attached hydrogens (tertiary/aromatic N) is 1. The largest absolute Gasteiger partial charge is 0.339 e. The standard InChI is InChI=1S/C19H19ClN2O2/c20-14-7-5-13(6-8-14)18(23)16-3-1-2-4-17(16)19(24)22-11-9-15(21)10-12-22/h1-8,15H,9-12,21H2. The Kier molecular flexibility index (Phi) is 4.97. The fourth-order valence-electron chi connectivity index (χ4n) is 2.90. The van der Waals surface area contributed by atoms with Gasteiger partial charge in [0, 0.05) is 35.3 Å². The minimum Gasteiger partial charge on any atom is -0.339 e. The highest BCUT2D eigenvalue weighted by Gasteiger charge is 2.25. The Labute approximate surface area is 146 Å². The van der Waals surface area contributed by atoms with E-state index in [0.29, 0.717) is 34.8 Å². The SMILES string of the molecule is NC1CCN(C(=O)c2ccccc2C(=O)c2ccc(Cl)cc2)CC1. The highest BCUT2D eigenvalue weighted by molar-refractivity contribution is 6.30. The van der Waals surface area contributed by atoms with E-state index in [2.05, 4.69) is 0 Å². The molecule has 1 heterocycles. The first kappa shape index (κ1) is 16.7. The molecule has 2 aromatic rings. The predicted octanol–water partition coefficient (Wildman–Crippen LogP) is 3.13. The van der Waals surface area contributed by atoms with Crippen LogP contribution in [0.4, 0.5) is 0 Å². The molecule has 1 saturated heterocycles. The van der Waals surface area contributed by atoms with Gasteiger partial charge in [-0.25, -0.2) is 0 Å². The van der Waals surface area contributed by atoms with Crippen molar-refractivity contribution in [1.29, 1.82) is 0 Å². The van der Waals surface area contributed by atoms with Crippen molar-refractivity contribution < 1.29 is 9.59 Å². The summed E-state index contributed by atoms with van der Waals surface area (Å²) in [6.45, 7) is 1.26. The molecule has 0 unspecified atom stereocenters. The lowest BCUT2D eigenvalue weighted by Crippen LogP contribution is -2.43. The van der Waals surface area contributed by atoms with E-state index >= 15 is 0 Å². The van der Waals surface area contributed by atoms with Gasteiger partial charge in [-0.2, -0.15) is 0 Å². The van der Waals surface area contributed by atoms with Crippen LogP contribution in [0.3, 0.4) is 0 Å². The van der Waals surface area contributed by atoms with Crippen LogP contribution in [0.25, 0.3) is 0 Å². The second-order valence-corrected chi connectivity index (χ2v) is 6.45. The molecule has 24 heavy (non-hydrogen) atoms. The van der Waals surface area contributed by atoms with E-state index in [1.807, 2.05) is 0 Å². The molecule has 1 aliphatic rings. The average molecular weight is 343 g/mol. The van der Waals surface area contributed by atoms with E-state index in [9.17, 15) is 9.59 Å². The Morgan fingerprint density at radius 3 is 2.17 bits per heavy atom. The van der Waals surface area contributed by atoms with Crippen molar-refractivity contribution >= 4 is 23.3 Å². The van der Waals surface area contributed by atoms with Gasteiger partial charge in [0.1, 0.15) is 0 Å². The molecule has 124 valence electrons. The van der Waals surface area contributed by atoms with Gasteiger partial charge in [0.2, 0.25) is 0 Å². The van der Waals surface area contributed by atoms with Crippen LogP contribution in [0.2, 0.25) is 5.02 Å². The van der Waals surface area contributed by atoms with Crippen molar-refractivity contribution in [1.82, 2.24) is 4.90 Å². The van der Waals surface area contributed by atoms with E-state index in [1.165, 1.54) is 0 Å². The van der Waals surface area contributed by atoms with Gasteiger partial charge in [-0.05, 0) is 43.2 Å². The third kappa shape index (κ3) is 3.50. The first-order valence-corrected chi connectivity index (χ1v) is 8.38. The zero-order valence-corrected chi connectivity index (χ0v) is 14.0. The summed E-state index contributed by atoms with van der Waals surface area (Å²) in [5.74, 6) is -0.288. The molecule has 1 fully saturated rings. The van der Waals surface area contributed by atoms with Crippen molar-refractivity contribution in [3.05, 3.63) is 70.2 Å². The number of rotatable bonds is 3. The van der Waals surface area contributed by atoms with E-state index < -0.39 is 0 Å². The Morgan fingerprint density at radius 1 is 0.958 bits per heavy atom. The topological polar surface area (TPSA) is 63.4 Å². The third-order valence-electron chi connectivity index (χ3n) is 4.34. The fourth-order valence-corrected chi connectivity index (χ4v) is 3.02. The Bertz CT molecular complexity index is 750. The van der Waals surface area contributed by atoms with Crippen molar-refractivity contribution in [2.45, 2.75) is 18.9 Å². The minimum atomic E-state index is -0.177. The lowest BCUT2D eigenvalue weighted by Gasteiger charge is -2.30. The van der Waals surface area contributed by atoms with Gasteiger partial charge in [0.25, 0.3) is 5.91 Å². The molecule has 0 radical (unpaired) electrons. The van der Waals surface area contributed by atoms with Gasteiger partial charge in [-0.15, -0.1) is 0 Å². The smallest absolute Gasteiger partial charge is 0.254 e. The predicted molar refractivity (Wildman–Crippen MR) is 94.4 cm³/mol. The molecule has 0 aliphatic carbocycles. The zero-order chi connectivity index (χ0) is 17.1. The number of hydrogen-bond donors (Lipinski definition) is 1. The second-order valence-electron chi connectivity index (χ2n) is 6.01. The van der Waals surface area contributed by atoms with E-state index in [4.69, 9.17) is 17.3 Å². The van der Waals surface area contributed by atoms with Crippen LogP contribution in [0.5, 0.6) is 0 Å². The monoisotopic (exact) mass is 342 g/mol. The first-order chi connectivity index (χ1) is 11.6. The van der Waals surface area contributed by atoms with Gasteiger partial charge >= 0.3 is 0 Å². The van der Waals surface area contributed by atoms with Crippen molar-refractivity contribution in [3.63, 3.8) is 0 Å². The summed E-state index contributed by atoms with van der Waals surface area (Å²) in [5, 5.41) is 0.570. The molecule has 3 rings (SSSR count). The van der Waals surface area contributed by atoms with Crippen molar-refractivity contribution in [2.75, 3.05) is 13.1 Å². The lowest BCUT2D eigenvalue weighted by molar-refractivity contribution is 0.0711. The summed E-state index contributed by atoms with van der Waals surface area (Å²) in [6, 6.07) is 13.8. The summed E-state index contributed by atoms with van der Waals surface area (Å²) in [4.78, 5) is 27.4. The van der Waals surface area contributed by atoms with Gasteiger partial charge in [-0.3, -0.25) is 9.59 Å². The number of ketones is 1.